The first kappa shape index (κ1) is 21.6. The van der Waals surface area contributed by atoms with E-state index in [-0.39, 0.29) is 17.6 Å². The van der Waals surface area contributed by atoms with E-state index >= 15 is 0 Å². The van der Waals surface area contributed by atoms with Crippen LogP contribution in [0.3, 0.4) is 0 Å². The normalized spacial score (nSPS) is 41.2. The zero-order valence-corrected chi connectivity index (χ0v) is 18.6. The number of aliphatic hydroxyl groups excluding tert-OH is 2. The lowest BCUT2D eigenvalue weighted by Gasteiger charge is -2.53. The molecule has 0 radical (unpaired) electrons. The minimum Gasteiger partial charge on any atom is -0.393 e. The number of hydrogen-bond donors (Lipinski definition) is 2. The molecule has 0 aromatic carbocycles. The van der Waals surface area contributed by atoms with Gasteiger partial charge in [0.2, 0.25) is 0 Å². The van der Waals surface area contributed by atoms with Gasteiger partial charge < -0.3 is 14.9 Å². The molecule has 0 amide bonds. The van der Waals surface area contributed by atoms with Gasteiger partial charge in [0.05, 0.1) is 12.2 Å². The molecule has 0 spiro atoms. The third kappa shape index (κ3) is 4.25. The molecular formula is C26H42O3. The molecule has 0 aromatic rings. The monoisotopic (exact) mass is 402 g/mol. The van der Waals surface area contributed by atoms with Crippen molar-refractivity contribution in [1.29, 1.82) is 0 Å². The Morgan fingerprint density at radius 3 is 2.72 bits per heavy atom. The first-order chi connectivity index (χ1) is 14.0. The van der Waals surface area contributed by atoms with E-state index in [1.807, 2.05) is 0 Å². The second kappa shape index (κ2) is 9.24. The van der Waals surface area contributed by atoms with Crippen LogP contribution in [0, 0.1) is 29.1 Å². The van der Waals surface area contributed by atoms with E-state index in [1.165, 1.54) is 56.9 Å². The van der Waals surface area contributed by atoms with Gasteiger partial charge >= 0.3 is 0 Å². The van der Waals surface area contributed by atoms with Gasteiger partial charge in [0, 0.05) is 13.2 Å². The molecular weight excluding hydrogens is 360 g/mol. The standard InChI is InChI=1S/C26H42O3/c1-3-29-15-7-5-4-6-8-18-16-23-21(20-10-9-19(27)17-22(18)20)13-14-26(2)24(23)11-12-25(26)28/h10,17-19,21,23-25,27-28H,3-9,11-16H2,1-2H3/t18?,19?,21-,23-,24+,25+,26+/m1/s1. The molecule has 0 bridgehead atoms. The summed E-state index contributed by atoms with van der Waals surface area (Å²) in [4.78, 5) is 0. The van der Waals surface area contributed by atoms with E-state index in [4.69, 9.17) is 4.74 Å². The Morgan fingerprint density at radius 1 is 1.07 bits per heavy atom. The Balaban J connectivity index is 1.43. The minimum atomic E-state index is -0.291. The molecule has 0 aromatic heterocycles. The number of fused-ring (bicyclic) bond motifs is 5. The molecule has 7 atom stereocenters. The number of unbranched alkanes of at least 4 members (excludes halogenated alkanes) is 3. The molecule has 0 aliphatic heterocycles. The van der Waals surface area contributed by atoms with Crippen molar-refractivity contribution in [2.24, 2.45) is 29.1 Å². The van der Waals surface area contributed by atoms with E-state index in [0.717, 1.165) is 38.4 Å². The predicted octanol–water partition coefficient (Wildman–Crippen LogP) is 5.41. The van der Waals surface area contributed by atoms with Crippen LogP contribution < -0.4 is 0 Å². The Bertz CT molecular complexity index is 623. The van der Waals surface area contributed by atoms with Gasteiger partial charge in [0.25, 0.3) is 0 Å². The fourth-order valence-corrected chi connectivity index (χ4v) is 7.27. The van der Waals surface area contributed by atoms with Gasteiger partial charge in [-0.05, 0) is 98.5 Å². The first-order valence-electron chi connectivity index (χ1n) is 12.4. The second-order valence-electron chi connectivity index (χ2n) is 10.4. The maximum absolute atomic E-state index is 10.7. The molecule has 2 N–H and O–H groups in total. The Morgan fingerprint density at radius 2 is 1.90 bits per heavy atom. The lowest BCUT2D eigenvalue weighted by Crippen LogP contribution is -2.47. The van der Waals surface area contributed by atoms with Crippen molar-refractivity contribution in [3.8, 4) is 0 Å². The van der Waals surface area contributed by atoms with Crippen LogP contribution in [0.4, 0.5) is 0 Å². The molecule has 4 rings (SSSR count). The van der Waals surface area contributed by atoms with Crippen molar-refractivity contribution in [2.75, 3.05) is 13.2 Å². The summed E-state index contributed by atoms with van der Waals surface area (Å²) in [6, 6.07) is 0. The summed E-state index contributed by atoms with van der Waals surface area (Å²) in [6.07, 6.45) is 17.1. The van der Waals surface area contributed by atoms with Gasteiger partial charge in [0.1, 0.15) is 0 Å². The van der Waals surface area contributed by atoms with Crippen LogP contribution in [0.15, 0.2) is 23.3 Å². The van der Waals surface area contributed by atoms with Gasteiger partial charge in [-0.2, -0.15) is 0 Å². The summed E-state index contributed by atoms with van der Waals surface area (Å²) in [6.45, 7) is 6.15. The first-order valence-corrected chi connectivity index (χ1v) is 12.4. The highest BCUT2D eigenvalue weighted by Crippen LogP contribution is 2.62. The summed E-state index contributed by atoms with van der Waals surface area (Å²) in [5.41, 5.74) is 3.21. The summed E-state index contributed by atoms with van der Waals surface area (Å²) in [5.74, 6) is 2.68. The van der Waals surface area contributed by atoms with Crippen molar-refractivity contribution in [3.63, 3.8) is 0 Å². The highest BCUT2D eigenvalue weighted by Gasteiger charge is 2.56. The largest absolute Gasteiger partial charge is 0.393 e. The Hall–Kier alpha value is -0.640. The van der Waals surface area contributed by atoms with Gasteiger partial charge in [-0.3, -0.25) is 0 Å². The summed E-state index contributed by atoms with van der Waals surface area (Å²) in [5, 5.41) is 21.0. The molecule has 4 aliphatic rings. The molecule has 3 fully saturated rings. The number of hydrogen-bond acceptors (Lipinski definition) is 3. The van der Waals surface area contributed by atoms with Crippen molar-refractivity contribution in [1.82, 2.24) is 0 Å². The number of aliphatic hydroxyl groups is 2. The Labute approximate surface area is 177 Å². The molecule has 4 aliphatic carbocycles. The van der Waals surface area contributed by atoms with Gasteiger partial charge in [-0.15, -0.1) is 0 Å². The Kier molecular flexibility index (Phi) is 6.88. The van der Waals surface area contributed by atoms with Gasteiger partial charge in [0.15, 0.2) is 0 Å². The second-order valence-corrected chi connectivity index (χ2v) is 10.4. The highest BCUT2D eigenvalue weighted by atomic mass is 16.5. The van der Waals surface area contributed by atoms with Crippen LogP contribution in [-0.2, 0) is 4.74 Å². The fraction of sp³-hybridized carbons (Fsp3) is 0.846. The van der Waals surface area contributed by atoms with Crippen molar-refractivity contribution < 1.29 is 14.9 Å². The third-order valence-corrected chi connectivity index (χ3v) is 8.86. The average Bonchev–Trinajstić information content (AvgIpc) is 3.02. The smallest absolute Gasteiger partial charge is 0.0761 e. The summed E-state index contributed by atoms with van der Waals surface area (Å²) >= 11 is 0. The lowest BCUT2D eigenvalue weighted by molar-refractivity contribution is -0.0358. The zero-order valence-electron chi connectivity index (χ0n) is 18.6. The molecule has 2 unspecified atom stereocenters. The molecule has 3 nitrogen and oxygen atoms in total. The van der Waals surface area contributed by atoms with Crippen LogP contribution >= 0.6 is 0 Å². The minimum absolute atomic E-state index is 0.101. The summed E-state index contributed by atoms with van der Waals surface area (Å²) in [7, 11) is 0. The van der Waals surface area contributed by atoms with E-state index in [0.29, 0.717) is 17.8 Å². The maximum atomic E-state index is 10.7. The van der Waals surface area contributed by atoms with E-state index in [2.05, 4.69) is 26.0 Å². The highest BCUT2D eigenvalue weighted by molar-refractivity contribution is 5.42. The topological polar surface area (TPSA) is 49.7 Å². The maximum Gasteiger partial charge on any atom is 0.0761 e. The molecule has 3 heteroatoms. The van der Waals surface area contributed by atoms with Gasteiger partial charge in [-0.25, -0.2) is 0 Å². The number of rotatable bonds is 8. The van der Waals surface area contributed by atoms with E-state index in [1.54, 1.807) is 5.57 Å². The number of ether oxygens (including phenoxy) is 1. The predicted molar refractivity (Wildman–Crippen MR) is 118 cm³/mol. The molecule has 0 heterocycles. The van der Waals surface area contributed by atoms with Crippen molar-refractivity contribution in [3.05, 3.63) is 23.3 Å². The summed E-state index contributed by atoms with van der Waals surface area (Å²) < 4.78 is 5.47. The van der Waals surface area contributed by atoms with Gasteiger partial charge in [-0.1, -0.05) is 38.3 Å². The fourth-order valence-electron chi connectivity index (χ4n) is 7.27. The molecule has 3 saturated carbocycles. The van der Waals surface area contributed by atoms with Crippen LogP contribution in [-0.4, -0.2) is 35.6 Å². The van der Waals surface area contributed by atoms with Crippen molar-refractivity contribution >= 4 is 0 Å². The van der Waals surface area contributed by atoms with Crippen LogP contribution in [0.25, 0.3) is 0 Å². The number of allylic oxidation sites excluding steroid dienone is 2. The van der Waals surface area contributed by atoms with Crippen LogP contribution in [0.5, 0.6) is 0 Å². The zero-order chi connectivity index (χ0) is 20.4. The van der Waals surface area contributed by atoms with Crippen LogP contribution in [0.2, 0.25) is 0 Å². The van der Waals surface area contributed by atoms with Crippen molar-refractivity contribution in [2.45, 2.75) is 96.7 Å². The van der Waals surface area contributed by atoms with E-state index < -0.39 is 0 Å². The quantitative estimate of drug-likeness (QED) is 0.533. The van der Waals surface area contributed by atoms with E-state index in [9.17, 15) is 10.2 Å². The molecule has 0 saturated heterocycles. The average molecular weight is 403 g/mol. The van der Waals surface area contributed by atoms with Crippen LogP contribution in [0.1, 0.15) is 84.5 Å². The third-order valence-electron chi connectivity index (χ3n) is 8.86. The SMILES string of the molecule is CCOCCCCCCC1C[C@@H]2[C@H](CC[C@]3(C)[C@@H](O)CC[C@@H]23)C2=CCC(O)C=C21. The molecule has 29 heavy (non-hydrogen) atoms. The molecule has 164 valence electrons. The lowest BCUT2D eigenvalue weighted by atomic mass is 9.52.